The van der Waals surface area contributed by atoms with E-state index in [9.17, 15) is 14.4 Å². The number of hydrogen-bond donors (Lipinski definition) is 1. The van der Waals surface area contributed by atoms with E-state index in [1.807, 2.05) is 48.5 Å². The second-order valence-electron chi connectivity index (χ2n) is 8.20. The lowest BCUT2D eigenvalue weighted by Gasteiger charge is -2.13. The van der Waals surface area contributed by atoms with Crippen LogP contribution < -0.4 is 14.8 Å². The molecule has 3 amide bonds. The number of thioether (sulfide) groups is 1. The third-order valence-corrected chi connectivity index (χ3v) is 6.99. The first kappa shape index (κ1) is 26.5. The van der Waals surface area contributed by atoms with E-state index >= 15 is 0 Å². The molecule has 0 unspecified atom stereocenters. The lowest BCUT2D eigenvalue weighted by atomic mass is 10.1. The molecule has 0 aromatic heterocycles. The molecule has 0 atom stereocenters. The van der Waals surface area contributed by atoms with E-state index in [-0.39, 0.29) is 30.2 Å². The Morgan fingerprint density at radius 1 is 1.03 bits per heavy atom. The third kappa shape index (κ3) is 6.81. The monoisotopic (exact) mass is 580 g/mol. The van der Waals surface area contributed by atoms with Crippen LogP contribution in [0.4, 0.5) is 10.5 Å². The maximum absolute atomic E-state index is 12.9. The van der Waals surface area contributed by atoms with Crippen LogP contribution in [0.2, 0.25) is 0 Å². The number of hydrogen-bond acceptors (Lipinski definition) is 6. The number of methoxy groups -OCH3 is 1. The van der Waals surface area contributed by atoms with E-state index in [1.165, 1.54) is 17.6 Å². The summed E-state index contributed by atoms with van der Waals surface area (Å²) in [4.78, 5) is 39.3. The minimum absolute atomic E-state index is 0.195. The highest BCUT2D eigenvalue weighted by Crippen LogP contribution is 2.35. The molecule has 0 radical (unpaired) electrons. The second-order valence-corrected chi connectivity index (χ2v) is 10.1. The minimum atomic E-state index is -0.349. The number of rotatable bonds is 9. The Balaban J connectivity index is 1.40. The molecule has 0 saturated carbocycles. The number of carbonyl (C=O) groups is 3. The van der Waals surface area contributed by atoms with Crippen molar-refractivity contribution in [1.29, 1.82) is 0 Å². The van der Waals surface area contributed by atoms with E-state index in [2.05, 4.69) is 28.2 Å². The lowest BCUT2D eigenvalue weighted by Crippen LogP contribution is -2.27. The van der Waals surface area contributed by atoms with Crippen LogP contribution in [-0.4, -0.2) is 35.7 Å². The number of imide groups is 1. The largest absolute Gasteiger partial charge is 0.493 e. The van der Waals surface area contributed by atoms with Crippen molar-refractivity contribution in [2.75, 3.05) is 19.0 Å². The van der Waals surface area contributed by atoms with Gasteiger partial charge >= 0.3 is 0 Å². The highest BCUT2D eigenvalue weighted by molar-refractivity contribution is 9.10. The molecule has 9 heteroatoms. The third-order valence-electron chi connectivity index (χ3n) is 5.59. The molecule has 37 heavy (non-hydrogen) atoms. The van der Waals surface area contributed by atoms with Gasteiger partial charge in [0.2, 0.25) is 0 Å². The van der Waals surface area contributed by atoms with Crippen molar-refractivity contribution < 1.29 is 23.9 Å². The van der Waals surface area contributed by atoms with Gasteiger partial charge in [-0.3, -0.25) is 19.3 Å². The van der Waals surface area contributed by atoms with E-state index in [4.69, 9.17) is 9.47 Å². The number of halogens is 1. The average molecular weight is 581 g/mol. The van der Waals surface area contributed by atoms with Crippen LogP contribution in [0.1, 0.15) is 23.6 Å². The van der Waals surface area contributed by atoms with E-state index in [1.54, 1.807) is 24.3 Å². The first-order valence-corrected chi connectivity index (χ1v) is 13.2. The number of nitrogens with one attached hydrogen (secondary N) is 1. The zero-order valence-electron chi connectivity index (χ0n) is 20.3. The summed E-state index contributed by atoms with van der Waals surface area (Å²) in [5, 5.41) is 2.48. The van der Waals surface area contributed by atoms with Gasteiger partial charge < -0.3 is 14.8 Å². The highest BCUT2D eigenvalue weighted by Gasteiger charge is 2.35. The van der Waals surface area contributed by atoms with Gasteiger partial charge in [0, 0.05) is 10.2 Å². The van der Waals surface area contributed by atoms with Gasteiger partial charge in [-0.15, -0.1) is 0 Å². The fourth-order valence-corrected chi connectivity index (χ4v) is 4.95. The molecule has 0 spiro atoms. The molecule has 1 N–H and O–H groups in total. The fourth-order valence-electron chi connectivity index (χ4n) is 3.66. The number of ether oxygens (including phenoxy) is 2. The van der Waals surface area contributed by atoms with Crippen LogP contribution in [0.25, 0.3) is 6.08 Å². The SMILES string of the molecule is CCc1ccc(NC(=O)COc2ccc(/C=C3\SC(=O)N(Cc4cccc(Br)c4)C3=O)cc2OC)cc1. The fraction of sp³-hybridized carbons (Fsp3) is 0.179. The van der Waals surface area contributed by atoms with Gasteiger partial charge in [0.15, 0.2) is 18.1 Å². The molecule has 1 heterocycles. The van der Waals surface area contributed by atoms with Gasteiger partial charge in [0.1, 0.15) is 0 Å². The van der Waals surface area contributed by atoms with Crippen molar-refractivity contribution in [2.45, 2.75) is 19.9 Å². The van der Waals surface area contributed by atoms with Crippen LogP contribution in [-0.2, 0) is 22.6 Å². The Labute approximate surface area is 228 Å². The summed E-state index contributed by atoms with van der Waals surface area (Å²) in [6.45, 7) is 2.07. The number of aryl methyl sites for hydroxylation is 1. The molecule has 7 nitrogen and oxygen atoms in total. The Morgan fingerprint density at radius 3 is 2.51 bits per heavy atom. The average Bonchev–Trinajstić information content (AvgIpc) is 3.15. The number of amides is 3. The Morgan fingerprint density at radius 2 is 1.81 bits per heavy atom. The smallest absolute Gasteiger partial charge is 0.293 e. The topological polar surface area (TPSA) is 84.9 Å². The van der Waals surface area contributed by atoms with Gasteiger partial charge in [-0.05, 0) is 77.3 Å². The molecule has 1 aliphatic rings. The lowest BCUT2D eigenvalue weighted by molar-refractivity contribution is -0.123. The molecule has 4 rings (SSSR count). The van der Waals surface area contributed by atoms with Gasteiger partial charge in [-0.1, -0.05) is 53.2 Å². The van der Waals surface area contributed by atoms with Gasteiger partial charge in [-0.25, -0.2) is 0 Å². The van der Waals surface area contributed by atoms with E-state index in [0.29, 0.717) is 27.7 Å². The van der Waals surface area contributed by atoms with Gasteiger partial charge in [0.05, 0.1) is 18.6 Å². The van der Waals surface area contributed by atoms with E-state index < -0.39 is 0 Å². The Hall–Kier alpha value is -3.56. The minimum Gasteiger partial charge on any atom is -0.493 e. The molecule has 3 aromatic rings. The van der Waals surface area contributed by atoms with Crippen LogP contribution in [0, 0.1) is 0 Å². The molecule has 1 aliphatic heterocycles. The number of carbonyl (C=O) groups excluding carboxylic acids is 3. The first-order chi connectivity index (χ1) is 17.9. The molecule has 1 saturated heterocycles. The summed E-state index contributed by atoms with van der Waals surface area (Å²) in [6.07, 6.45) is 2.57. The Bertz CT molecular complexity index is 1360. The predicted octanol–water partition coefficient (Wildman–Crippen LogP) is 6.27. The van der Waals surface area contributed by atoms with Crippen molar-refractivity contribution >= 4 is 56.5 Å². The number of nitrogens with zero attached hydrogens (tertiary/aromatic N) is 1. The molecule has 0 aliphatic carbocycles. The maximum atomic E-state index is 12.9. The van der Waals surface area contributed by atoms with Gasteiger partial charge in [0.25, 0.3) is 17.1 Å². The zero-order valence-corrected chi connectivity index (χ0v) is 22.7. The Kier molecular flexibility index (Phi) is 8.68. The molecule has 3 aromatic carbocycles. The van der Waals surface area contributed by atoms with E-state index in [0.717, 1.165) is 28.2 Å². The summed E-state index contributed by atoms with van der Waals surface area (Å²) in [7, 11) is 1.49. The molecular formula is C28H25BrN2O5S. The number of benzene rings is 3. The first-order valence-electron chi connectivity index (χ1n) is 11.6. The summed E-state index contributed by atoms with van der Waals surface area (Å²) < 4.78 is 12.0. The molecule has 0 bridgehead atoms. The summed E-state index contributed by atoms with van der Waals surface area (Å²) in [5.74, 6) is 0.147. The zero-order chi connectivity index (χ0) is 26.4. The molecular weight excluding hydrogens is 556 g/mol. The van der Waals surface area contributed by atoms with Crippen molar-refractivity contribution in [3.8, 4) is 11.5 Å². The normalized spacial score (nSPS) is 14.2. The summed E-state index contributed by atoms with van der Waals surface area (Å²) >= 11 is 4.30. The molecule has 1 fully saturated rings. The summed E-state index contributed by atoms with van der Waals surface area (Å²) in [6, 6.07) is 20.2. The predicted molar refractivity (Wildman–Crippen MR) is 149 cm³/mol. The quantitative estimate of drug-likeness (QED) is 0.300. The maximum Gasteiger partial charge on any atom is 0.293 e. The van der Waals surface area contributed by atoms with Crippen LogP contribution >= 0.6 is 27.7 Å². The molecule has 190 valence electrons. The number of anilines is 1. The van der Waals surface area contributed by atoms with Crippen molar-refractivity contribution in [3.05, 3.63) is 92.8 Å². The summed E-state index contributed by atoms with van der Waals surface area (Å²) in [5.41, 5.74) is 3.40. The van der Waals surface area contributed by atoms with Crippen molar-refractivity contribution in [3.63, 3.8) is 0 Å². The van der Waals surface area contributed by atoms with Crippen molar-refractivity contribution in [2.24, 2.45) is 0 Å². The van der Waals surface area contributed by atoms with Crippen LogP contribution in [0.3, 0.4) is 0 Å². The second kappa shape index (κ2) is 12.1. The van der Waals surface area contributed by atoms with Crippen LogP contribution in [0.15, 0.2) is 76.1 Å². The standard InChI is InChI=1S/C28H25BrN2O5S/c1-3-18-7-10-22(11-8-18)30-26(32)17-36-23-12-9-19(14-24(23)35-2)15-25-27(33)31(28(34)37-25)16-20-5-4-6-21(29)13-20/h4-15H,3,16-17H2,1-2H3,(H,30,32)/b25-15-. The van der Waals surface area contributed by atoms with Gasteiger partial charge in [-0.2, -0.15) is 0 Å². The highest BCUT2D eigenvalue weighted by atomic mass is 79.9. The van der Waals surface area contributed by atoms with Crippen molar-refractivity contribution in [1.82, 2.24) is 4.90 Å². The van der Waals surface area contributed by atoms with Crippen LogP contribution in [0.5, 0.6) is 11.5 Å².